The van der Waals surface area contributed by atoms with Gasteiger partial charge in [0.1, 0.15) is 12.3 Å². The lowest BCUT2D eigenvalue weighted by Gasteiger charge is -2.27. The minimum absolute atomic E-state index is 0.0676. The van der Waals surface area contributed by atoms with Crippen LogP contribution in [0.2, 0.25) is 0 Å². The summed E-state index contributed by atoms with van der Waals surface area (Å²) in [5, 5.41) is 15.1. The van der Waals surface area contributed by atoms with Gasteiger partial charge in [-0.2, -0.15) is 4.80 Å². The zero-order valence-corrected chi connectivity index (χ0v) is 13.9. The van der Waals surface area contributed by atoms with Crippen LogP contribution in [0.5, 0.6) is 5.75 Å². The molecule has 0 aliphatic heterocycles. The van der Waals surface area contributed by atoms with Crippen molar-refractivity contribution in [3.05, 3.63) is 36.2 Å². The number of nitrogens with zero attached hydrogens (tertiary/aromatic N) is 4. The molecule has 1 aromatic carbocycles. The van der Waals surface area contributed by atoms with E-state index in [0.717, 1.165) is 18.6 Å². The molecular formula is C17H23N5O2. The Hall–Kier alpha value is -2.44. The summed E-state index contributed by atoms with van der Waals surface area (Å²) < 4.78 is 5.56. The number of amides is 1. The molecule has 2 atom stereocenters. The number of carbonyl (C=O) groups is 1. The van der Waals surface area contributed by atoms with Crippen molar-refractivity contribution in [3.8, 4) is 5.75 Å². The SMILES string of the molecule is C[C@H]1CCC[C@H](NC(=O)Cn2nnc(COc3ccccc3)n2)C1. The van der Waals surface area contributed by atoms with E-state index in [9.17, 15) is 4.79 Å². The molecule has 128 valence electrons. The second-order valence-corrected chi connectivity index (χ2v) is 6.37. The molecule has 24 heavy (non-hydrogen) atoms. The highest BCUT2D eigenvalue weighted by molar-refractivity contribution is 5.75. The van der Waals surface area contributed by atoms with E-state index in [0.29, 0.717) is 11.7 Å². The van der Waals surface area contributed by atoms with Gasteiger partial charge in [-0.3, -0.25) is 4.79 Å². The number of hydrogen-bond acceptors (Lipinski definition) is 5. The minimum Gasteiger partial charge on any atom is -0.485 e. The Balaban J connectivity index is 1.46. The second kappa shape index (κ2) is 7.90. The van der Waals surface area contributed by atoms with Crippen molar-refractivity contribution < 1.29 is 9.53 Å². The van der Waals surface area contributed by atoms with Gasteiger partial charge in [0.15, 0.2) is 6.61 Å². The Morgan fingerprint density at radius 1 is 1.33 bits per heavy atom. The van der Waals surface area contributed by atoms with Gasteiger partial charge in [0.25, 0.3) is 0 Å². The molecule has 1 N–H and O–H groups in total. The van der Waals surface area contributed by atoms with Crippen LogP contribution in [0.3, 0.4) is 0 Å². The van der Waals surface area contributed by atoms with Crippen LogP contribution < -0.4 is 10.1 Å². The number of carbonyl (C=O) groups excluding carboxylic acids is 1. The summed E-state index contributed by atoms with van der Waals surface area (Å²) in [4.78, 5) is 13.4. The van der Waals surface area contributed by atoms with E-state index >= 15 is 0 Å². The predicted octanol–water partition coefficient (Wildman–Crippen LogP) is 1.95. The Morgan fingerprint density at radius 2 is 2.17 bits per heavy atom. The minimum atomic E-state index is -0.0676. The molecule has 2 aromatic rings. The quantitative estimate of drug-likeness (QED) is 0.876. The van der Waals surface area contributed by atoms with Crippen LogP contribution in [0.4, 0.5) is 0 Å². The van der Waals surface area contributed by atoms with Crippen LogP contribution in [-0.4, -0.2) is 32.2 Å². The highest BCUT2D eigenvalue weighted by Gasteiger charge is 2.20. The van der Waals surface area contributed by atoms with Gasteiger partial charge in [-0.15, -0.1) is 10.2 Å². The number of nitrogens with one attached hydrogen (secondary N) is 1. The molecule has 1 aliphatic carbocycles. The summed E-state index contributed by atoms with van der Waals surface area (Å²) in [7, 11) is 0. The maximum Gasteiger partial charge on any atom is 0.243 e. The van der Waals surface area contributed by atoms with E-state index in [1.807, 2.05) is 30.3 Å². The predicted molar refractivity (Wildman–Crippen MR) is 88.2 cm³/mol. The van der Waals surface area contributed by atoms with Gasteiger partial charge in [0, 0.05) is 6.04 Å². The molecule has 0 unspecified atom stereocenters. The molecule has 0 radical (unpaired) electrons. The molecule has 0 saturated heterocycles. The van der Waals surface area contributed by atoms with Crippen LogP contribution in [0.1, 0.15) is 38.4 Å². The Morgan fingerprint density at radius 3 is 2.96 bits per heavy atom. The molecule has 7 heteroatoms. The molecule has 1 amide bonds. The van der Waals surface area contributed by atoms with Crippen molar-refractivity contribution >= 4 is 5.91 Å². The summed E-state index contributed by atoms with van der Waals surface area (Å²) in [5.41, 5.74) is 0. The number of para-hydroxylation sites is 1. The average Bonchev–Trinajstić information content (AvgIpc) is 3.01. The number of tetrazole rings is 1. The van der Waals surface area contributed by atoms with Crippen molar-refractivity contribution in [1.29, 1.82) is 0 Å². The summed E-state index contributed by atoms with van der Waals surface area (Å²) in [5.74, 6) is 1.81. The van der Waals surface area contributed by atoms with Gasteiger partial charge in [-0.1, -0.05) is 38.0 Å². The van der Waals surface area contributed by atoms with Crippen LogP contribution >= 0.6 is 0 Å². The molecular weight excluding hydrogens is 306 g/mol. The van der Waals surface area contributed by atoms with Crippen molar-refractivity contribution in [3.63, 3.8) is 0 Å². The highest BCUT2D eigenvalue weighted by Crippen LogP contribution is 2.23. The molecule has 1 saturated carbocycles. The number of ether oxygens (including phenoxy) is 1. The largest absolute Gasteiger partial charge is 0.485 e. The van der Waals surface area contributed by atoms with Gasteiger partial charge in [-0.25, -0.2) is 0 Å². The summed E-state index contributed by atoms with van der Waals surface area (Å²) in [6, 6.07) is 9.72. The van der Waals surface area contributed by atoms with Gasteiger partial charge in [0.05, 0.1) is 0 Å². The first-order chi connectivity index (χ1) is 11.7. The fourth-order valence-electron chi connectivity index (χ4n) is 3.03. The smallest absolute Gasteiger partial charge is 0.243 e. The molecule has 1 heterocycles. The van der Waals surface area contributed by atoms with Crippen LogP contribution in [-0.2, 0) is 17.9 Å². The lowest BCUT2D eigenvalue weighted by atomic mass is 9.87. The van der Waals surface area contributed by atoms with E-state index in [-0.39, 0.29) is 25.1 Å². The lowest BCUT2D eigenvalue weighted by molar-refractivity contribution is -0.123. The number of hydrogen-bond donors (Lipinski definition) is 1. The average molecular weight is 329 g/mol. The van der Waals surface area contributed by atoms with Crippen molar-refractivity contribution in [2.75, 3.05) is 0 Å². The zero-order chi connectivity index (χ0) is 16.8. The first-order valence-corrected chi connectivity index (χ1v) is 8.43. The first kappa shape index (κ1) is 16.4. The van der Waals surface area contributed by atoms with E-state index in [2.05, 4.69) is 27.7 Å². The van der Waals surface area contributed by atoms with Crippen molar-refractivity contribution in [1.82, 2.24) is 25.5 Å². The summed E-state index contributed by atoms with van der Waals surface area (Å²) >= 11 is 0. The first-order valence-electron chi connectivity index (χ1n) is 8.43. The van der Waals surface area contributed by atoms with Crippen LogP contribution in [0, 0.1) is 5.92 Å². The van der Waals surface area contributed by atoms with Crippen molar-refractivity contribution in [2.24, 2.45) is 5.92 Å². The molecule has 1 aromatic heterocycles. The molecule has 0 spiro atoms. The molecule has 3 rings (SSSR count). The van der Waals surface area contributed by atoms with E-state index < -0.39 is 0 Å². The van der Waals surface area contributed by atoms with E-state index in [1.54, 1.807) is 0 Å². The third kappa shape index (κ3) is 4.78. The Kier molecular flexibility index (Phi) is 5.40. The third-order valence-corrected chi connectivity index (χ3v) is 4.19. The number of benzene rings is 1. The van der Waals surface area contributed by atoms with Gasteiger partial charge in [-0.05, 0) is 36.1 Å². The summed E-state index contributed by atoms with van der Waals surface area (Å²) in [6.45, 7) is 2.55. The number of aromatic nitrogens is 4. The lowest BCUT2D eigenvalue weighted by Crippen LogP contribution is -2.40. The van der Waals surface area contributed by atoms with E-state index in [4.69, 9.17) is 4.74 Å². The molecule has 1 aliphatic rings. The van der Waals surface area contributed by atoms with Gasteiger partial charge >= 0.3 is 0 Å². The van der Waals surface area contributed by atoms with Gasteiger partial charge in [0.2, 0.25) is 11.7 Å². The van der Waals surface area contributed by atoms with Crippen molar-refractivity contribution in [2.45, 2.75) is 51.8 Å². The van der Waals surface area contributed by atoms with Crippen LogP contribution in [0.25, 0.3) is 0 Å². The second-order valence-electron chi connectivity index (χ2n) is 6.37. The van der Waals surface area contributed by atoms with Gasteiger partial charge < -0.3 is 10.1 Å². The Bertz CT molecular complexity index is 658. The highest BCUT2D eigenvalue weighted by atomic mass is 16.5. The summed E-state index contributed by atoms with van der Waals surface area (Å²) in [6.07, 6.45) is 4.53. The third-order valence-electron chi connectivity index (χ3n) is 4.19. The topological polar surface area (TPSA) is 81.9 Å². The fourth-order valence-corrected chi connectivity index (χ4v) is 3.03. The van der Waals surface area contributed by atoms with E-state index in [1.165, 1.54) is 17.6 Å². The maximum absolute atomic E-state index is 12.1. The molecule has 0 bridgehead atoms. The fraction of sp³-hybridized carbons (Fsp3) is 0.529. The Labute approximate surface area is 141 Å². The molecule has 1 fully saturated rings. The molecule has 7 nitrogen and oxygen atoms in total. The zero-order valence-electron chi connectivity index (χ0n) is 13.9. The monoisotopic (exact) mass is 329 g/mol. The van der Waals surface area contributed by atoms with Crippen LogP contribution in [0.15, 0.2) is 30.3 Å². The maximum atomic E-state index is 12.1. The normalized spacial score (nSPS) is 20.5. The number of rotatable bonds is 6. The standard InChI is InChI=1S/C17H23N5O2/c1-13-6-5-7-14(10-13)18-17(23)11-22-20-16(19-21-22)12-24-15-8-3-2-4-9-15/h2-4,8-9,13-14H,5-7,10-12H2,1H3,(H,18,23)/t13-,14-/m0/s1.